The molecule has 0 spiro atoms. The Balaban J connectivity index is 2.12. The van der Waals surface area contributed by atoms with Gasteiger partial charge in [-0.05, 0) is 31.9 Å². The van der Waals surface area contributed by atoms with Crippen LogP contribution in [0.25, 0.3) is 0 Å². The van der Waals surface area contributed by atoms with E-state index in [1.807, 2.05) is 31.2 Å². The predicted molar refractivity (Wildman–Crippen MR) is 76.7 cm³/mol. The third kappa shape index (κ3) is 3.18. The van der Waals surface area contributed by atoms with Gasteiger partial charge in [0, 0.05) is 12.3 Å². The van der Waals surface area contributed by atoms with Crippen molar-refractivity contribution in [3.63, 3.8) is 0 Å². The van der Waals surface area contributed by atoms with E-state index in [-0.39, 0.29) is 11.7 Å². The van der Waals surface area contributed by atoms with Crippen LogP contribution in [0.1, 0.15) is 44.7 Å². The molecule has 20 heavy (non-hydrogen) atoms. The number of carbonyl (C=O) groups is 2. The number of fused-ring (bicyclic) bond motifs is 1. The van der Waals surface area contributed by atoms with Crippen molar-refractivity contribution in [1.82, 2.24) is 5.32 Å². The predicted octanol–water partition coefficient (Wildman–Crippen LogP) is 2.81. The molecule has 0 saturated carbocycles. The molecule has 0 heterocycles. The number of ketones is 1. The number of ether oxygens (including phenoxy) is 1. The second-order valence-electron chi connectivity index (χ2n) is 6.23. The molecule has 2 rings (SSSR count). The first-order valence-corrected chi connectivity index (χ1v) is 6.89. The minimum absolute atomic E-state index is 0.0366. The molecule has 1 aromatic carbocycles. The average molecular weight is 275 g/mol. The molecule has 4 heteroatoms. The maximum atomic E-state index is 12.3. The van der Waals surface area contributed by atoms with Crippen LogP contribution < -0.4 is 5.32 Å². The Kier molecular flexibility index (Phi) is 3.84. The van der Waals surface area contributed by atoms with E-state index in [9.17, 15) is 9.59 Å². The van der Waals surface area contributed by atoms with Crippen molar-refractivity contribution >= 4 is 11.9 Å². The smallest absolute Gasteiger partial charge is 0.408 e. The van der Waals surface area contributed by atoms with E-state index in [0.717, 1.165) is 11.1 Å². The molecule has 0 unspecified atom stereocenters. The number of carbonyl (C=O) groups excluding carboxylic acids is 2. The van der Waals surface area contributed by atoms with Crippen LogP contribution in [-0.4, -0.2) is 23.5 Å². The molecule has 1 aromatic rings. The first kappa shape index (κ1) is 14.6. The van der Waals surface area contributed by atoms with Gasteiger partial charge in [0.05, 0.1) is 6.04 Å². The third-order valence-electron chi connectivity index (χ3n) is 3.41. The maximum Gasteiger partial charge on any atom is 0.408 e. The van der Waals surface area contributed by atoms with Gasteiger partial charge in [0.1, 0.15) is 5.60 Å². The summed E-state index contributed by atoms with van der Waals surface area (Å²) < 4.78 is 5.21. The minimum atomic E-state index is -0.564. The van der Waals surface area contributed by atoms with Gasteiger partial charge in [0.25, 0.3) is 0 Å². The quantitative estimate of drug-likeness (QED) is 0.857. The van der Waals surface area contributed by atoms with E-state index in [2.05, 4.69) is 5.32 Å². The van der Waals surface area contributed by atoms with Gasteiger partial charge in [-0.25, -0.2) is 4.79 Å². The first-order chi connectivity index (χ1) is 9.28. The molecular weight excluding hydrogens is 254 g/mol. The van der Waals surface area contributed by atoms with E-state index in [1.165, 1.54) is 0 Å². The molecule has 2 atom stereocenters. The fourth-order valence-corrected chi connectivity index (χ4v) is 2.49. The largest absolute Gasteiger partial charge is 0.444 e. The molecule has 1 N–H and O–H groups in total. The Labute approximate surface area is 119 Å². The van der Waals surface area contributed by atoms with E-state index >= 15 is 0 Å². The summed E-state index contributed by atoms with van der Waals surface area (Å²) in [6.45, 7) is 7.28. The highest BCUT2D eigenvalue weighted by Crippen LogP contribution is 2.28. The van der Waals surface area contributed by atoms with Crippen molar-refractivity contribution in [2.75, 3.05) is 0 Å². The Bertz CT molecular complexity index is 531. The van der Waals surface area contributed by atoms with Gasteiger partial charge in [0.15, 0.2) is 5.78 Å². The first-order valence-electron chi connectivity index (χ1n) is 6.89. The van der Waals surface area contributed by atoms with Crippen LogP contribution in [0.3, 0.4) is 0 Å². The summed E-state index contributed by atoms with van der Waals surface area (Å²) >= 11 is 0. The summed E-state index contributed by atoms with van der Waals surface area (Å²) in [5.74, 6) is -0.158. The topological polar surface area (TPSA) is 55.4 Å². The van der Waals surface area contributed by atoms with Crippen LogP contribution in [0.5, 0.6) is 0 Å². The molecule has 0 fully saturated rings. The Morgan fingerprint density at radius 1 is 1.30 bits per heavy atom. The SMILES string of the molecule is C[C@H]1C(=O)[C@H](NC(=O)OC(C)(C)C)Cc2ccccc21. The van der Waals surface area contributed by atoms with Gasteiger partial charge >= 0.3 is 6.09 Å². The van der Waals surface area contributed by atoms with Gasteiger partial charge in [0.2, 0.25) is 0 Å². The van der Waals surface area contributed by atoms with Crippen molar-refractivity contribution in [3.8, 4) is 0 Å². The number of nitrogens with one attached hydrogen (secondary N) is 1. The summed E-state index contributed by atoms with van der Waals surface area (Å²) in [4.78, 5) is 24.1. The summed E-state index contributed by atoms with van der Waals surface area (Å²) in [6.07, 6.45) is -0.0130. The minimum Gasteiger partial charge on any atom is -0.444 e. The van der Waals surface area contributed by atoms with Crippen molar-refractivity contribution in [1.29, 1.82) is 0 Å². The number of amides is 1. The van der Waals surface area contributed by atoms with E-state index < -0.39 is 17.7 Å². The van der Waals surface area contributed by atoms with Crippen LogP contribution in [0.2, 0.25) is 0 Å². The Morgan fingerprint density at radius 3 is 2.60 bits per heavy atom. The molecule has 1 aliphatic carbocycles. The summed E-state index contributed by atoms with van der Waals surface area (Å²) in [5, 5.41) is 2.69. The summed E-state index contributed by atoms with van der Waals surface area (Å²) in [7, 11) is 0. The highest BCUT2D eigenvalue weighted by Gasteiger charge is 2.33. The lowest BCUT2D eigenvalue weighted by molar-refractivity contribution is -0.122. The number of benzene rings is 1. The van der Waals surface area contributed by atoms with E-state index in [0.29, 0.717) is 6.42 Å². The van der Waals surface area contributed by atoms with Crippen LogP contribution >= 0.6 is 0 Å². The summed E-state index contributed by atoms with van der Waals surface area (Å²) in [5.41, 5.74) is 1.60. The molecule has 0 aliphatic heterocycles. The number of Topliss-reactive ketones (excluding diaryl/α,β-unsaturated/α-hetero) is 1. The number of hydrogen-bond acceptors (Lipinski definition) is 3. The lowest BCUT2D eigenvalue weighted by Gasteiger charge is -2.29. The lowest BCUT2D eigenvalue weighted by Crippen LogP contribution is -2.48. The van der Waals surface area contributed by atoms with Crippen LogP contribution in [0.15, 0.2) is 24.3 Å². The highest BCUT2D eigenvalue weighted by molar-refractivity contribution is 5.94. The van der Waals surface area contributed by atoms with Crippen LogP contribution in [-0.2, 0) is 16.0 Å². The summed E-state index contributed by atoms with van der Waals surface area (Å²) in [6, 6.07) is 7.36. The van der Waals surface area contributed by atoms with Crippen LogP contribution in [0, 0.1) is 0 Å². The zero-order valence-corrected chi connectivity index (χ0v) is 12.4. The standard InChI is InChI=1S/C16H21NO3/c1-10-12-8-6-5-7-11(12)9-13(14(10)18)17-15(19)20-16(2,3)4/h5-8,10,13H,9H2,1-4H3,(H,17,19)/t10-,13-/m1/s1. The monoisotopic (exact) mass is 275 g/mol. The molecule has 108 valence electrons. The second-order valence-corrected chi connectivity index (χ2v) is 6.23. The molecule has 0 bridgehead atoms. The zero-order valence-electron chi connectivity index (χ0n) is 12.4. The fourth-order valence-electron chi connectivity index (χ4n) is 2.49. The highest BCUT2D eigenvalue weighted by atomic mass is 16.6. The molecule has 1 aliphatic rings. The van der Waals surface area contributed by atoms with Gasteiger partial charge in [-0.15, -0.1) is 0 Å². The number of alkyl carbamates (subject to hydrolysis) is 1. The lowest BCUT2D eigenvalue weighted by atomic mass is 9.80. The molecule has 1 amide bonds. The van der Waals surface area contributed by atoms with Crippen molar-refractivity contribution in [2.24, 2.45) is 0 Å². The molecule has 0 radical (unpaired) electrons. The van der Waals surface area contributed by atoms with E-state index in [1.54, 1.807) is 20.8 Å². The van der Waals surface area contributed by atoms with Crippen molar-refractivity contribution < 1.29 is 14.3 Å². The number of rotatable bonds is 1. The normalized spacial score (nSPS) is 22.1. The Hall–Kier alpha value is -1.84. The van der Waals surface area contributed by atoms with E-state index in [4.69, 9.17) is 4.74 Å². The molecule has 4 nitrogen and oxygen atoms in total. The van der Waals surface area contributed by atoms with Gasteiger partial charge < -0.3 is 10.1 Å². The van der Waals surface area contributed by atoms with Gasteiger partial charge in [-0.3, -0.25) is 4.79 Å². The van der Waals surface area contributed by atoms with Gasteiger partial charge in [-0.2, -0.15) is 0 Å². The average Bonchev–Trinajstić information content (AvgIpc) is 2.33. The van der Waals surface area contributed by atoms with Crippen molar-refractivity contribution in [2.45, 2.75) is 51.7 Å². The number of hydrogen-bond donors (Lipinski definition) is 1. The van der Waals surface area contributed by atoms with Gasteiger partial charge in [-0.1, -0.05) is 31.2 Å². The zero-order chi connectivity index (χ0) is 14.9. The third-order valence-corrected chi connectivity index (χ3v) is 3.41. The molecular formula is C16H21NO3. The Morgan fingerprint density at radius 2 is 1.95 bits per heavy atom. The van der Waals surface area contributed by atoms with Crippen LogP contribution in [0.4, 0.5) is 4.79 Å². The fraction of sp³-hybridized carbons (Fsp3) is 0.500. The molecule has 0 saturated heterocycles. The van der Waals surface area contributed by atoms with Crippen molar-refractivity contribution in [3.05, 3.63) is 35.4 Å². The second kappa shape index (κ2) is 5.27. The maximum absolute atomic E-state index is 12.3. The molecule has 0 aromatic heterocycles.